The van der Waals surface area contributed by atoms with Crippen molar-refractivity contribution in [2.45, 2.75) is 39.8 Å². The van der Waals surface area contributed by atoms with E-state index in [-0.39, 0.29) is 5.54 Å². The lowest BCUT2D eigenvalue weighted by atomic mass is 10.1. The molecule has 0 aromatic heterocycles. The molecule has 3 nitrogen and oxygen atoms in total. The minimum Gasteiger partial charge on any atom is -0.383 e. The summed E-state index contributed by atoms with van der Waals surface area (Å²) in [5.41, 5.74) is 2.56. The molecule has 0 unspecified atom stereocenters. The highest BCUT2D eigenvalue weighted by Gasteiger charge is 2.07. The van der Waals surface area contributed by atoms with Crippen LogP contribution in [0.4, 0.5) is 5.69 Å². The highest BCUT2D eigenvalue weighted by Crippen LogP contribution is 2.15. The molecule has 0 saturated heterocycles. The van der Waals surface area contributed by atoms with Crippen LogP contribution in [-0.2, 0) is 11.3 Å². The fraction of sp³-hybridized carbons (Fsp3) is 0.600. The van der Waals surface area contributed by atoms with Gasteiger partial charge in [0.2, 0.25) is 0 Å². The molecule has 2 N–H and O–H groups in total. The number of anilines is 1. The molecule has 0 aliphatic rings. The third-order valence-electron chi connectivity index (χ3n) is 2.57. The molecule has 3 heteroatoms. The fourth-order valence-electron chi connectivity index (χ4n) is 1.67. The van der Waals surface area contributed by atoms with Gasteiger partial charge in [-0.3, -0.25) is 0 Å². The van der Waals surface area contributed by atoms with Gasteiger partial charge in [0.1, 0.15) is 0 Å². The maximum absolute atomic E-state index is 5.47. The third kappa shape index (κ3) is 6.03. The first-order valence-electron chi connectivity index (χ1n) is 6.67. The molecule has 1 aromatic rings. The number of nitrogens with one attached hydrogen (secondary N) is 2. The van der Waals surface area contributed by atoms with Crippen LogP contribution in [0.25, 0.3) is 0 Å². The molecule has 0 radical (unpaired) electrons. The molecule has 18 heavy (non-hydrogen) atoms. The van der Waals surface area contributed by atoms with E-state index in [1.807, 2.05) is 13.0 Å². The van der Waals surface area contributed by atoms with Crippen LogP contribution in [0.1, 0.15) is 33.3 Å². The zero-order valence-corrected chi connectivity index (χ0v) is 12.0. The van der Waals surface area contributed by atoms with E-state index in [4.69, 9.17) is 4.74 Å². The van der Waals surface area contributed by atoms with Gasteiger partial charge in [-0.2, -0.15) is 0 Å². The van der Waals surface area contributed by atoms with Gasteiger partial charge in [-0.05, 0) is 33.8 Å². The summed E-state index contributed by atoms with van der Waals surface area (Å²) >= 11 is 0. The van der Waals surface area contributed by atoms with Gasteiger partial charge in [0.25, 0.3) is 0 Å². The molecular formula is C15H26N2O. The van der Waals surface area contributed by atoms with Crippen molar-refractivity contribution in [2.75, 3.05) is 25.0 Å². The van der Waals surface area contributed by atoms with Crippen molar-refractivity contribution in [1.29, 1.82) is 0 Å². The summed E-state index contributed by atoms with van der Waals surface area (Å²) in [6, 6.07) is 8.31. The van der Waals surface area contributed by atoms with E-state index in [0.717, 1.165) is 19.7 Å². The zero-order chi connectivity index (χ0) is 13.4. The Labute approximate surface area is 111 Å². The molecule has 0 spiro atoms. The lowest BCUT2D eigenvalue weighted by molar-refractivity contribution is 0.134. The summed E-state index contributed by atoms with van der Waals surface area (Å²) in [4.78, 5) is 0. The average Bonchev–Trinajstić information content (AvgIpc) is 2.32. The standard InChI is InChI=1S/C15H26N2O/c1-5-18-12-13-8-6-7-9-14(13)16-10-11-17-15(2,3)4/h6-9,16-17H,5,10-12H2,1-4H3. The number of hydrogen-bond donors (Lipinski definition) is 2. The van der Waals surface area contributed by atoms with Gasteiger partial charge in [0, 0.05) is 36.5 Å². The van der Waals surface area contributed by atoms with Crippen molar-refractivity contribution in [3.8, 4) is 0 Å². The SMILES string of the molecule is CCOCc1ccccc1NCCNC(C)(C)C. The van der Waals surface area contributed by atoms with Gasteiger partial charge in [-0.1, -0.05) is 18.2 Å². The molecule has 1 rings (SSSR count). The fourth-order valence-corrected chi connectivity index (χ4v) is 1.67. The van der Waals surface area contributed by atoms with Gasteiger partial charge in [0.05, 0.1) is 6.61 Å². The number of rotatable bonds is 7. The predicted octanol–water partition coefficient (Wildman–Crippen LogP) is 3.02. The van der Waals surface area contributed by atoms with Crippen molar-refractivity contribution >= 4 is 5.69 Å². The Morgan fingerprint density at radius 2 is 1.83 bits per heavy atom. The molecule has 102 valence electrons. The van der Waals surface area contributed by atoms with E-state index >= 15 is 0 Å². The largest absolute Gasteiger partial charge is 0.383 e. The smallest absolute Gasteiger partial charge is 0.0736 e. The van der Waals surface area contributed by atoms with Crippen molar-refractivity contribution in [3.05, 3.63) is 29.8 Å². The van der Waals surface area contributed by atoms with E-state index < -0.39 is 0 Å². The Morgan fingerprint density at radius 1 is 1.11 bits per heavy atom. The Balaban J connectivity index is 2.41. The lowest BCUT2D eigenvalue weighted by Gasteiger charge is -2.21. The Kier molecular flexibility index (Phi) is 6.16. The first-order chi connectivity index (χ1) is 8.53. The first-order valence-corrected chi connectivity index (χ1v) is 6.67. The van der Waals surface area contributed by atoms with Crippen LogP contribution in [0.15, 0.2) is 24.3 Å². The molecule has 0 atom stereocenters. The summed E-state index contributed by atoms with van der Waals surface area (Å²) in [7, 11) is 0. The van der Waals surface area contributed by atoms with Gasteiger partial charge in [-0.25, -0.2) is 0 Å². The maximum Gasteiger partial charge on any atom is 0.0736 e. The molecule has 0 amide bonds. The molecular weight excluding hydrogens is 224 g/mol. The average molecular weight is 250 g/mol. The van der Waals surface area contributed by atoms with Gasteiger partial charge < -0.3 is 15.4 Å². The topological polar surface area (TPSA) is 33.3 Å². The molecule has 0 saturated carbocycles. The second kappa shape index (κ2) is 7.39. The van der Waals surface area contributed by atoms with Gasteiger partial charge >= 0.3 is 0 Å². The van der Waals surface area contributed by atoms with Crippen molar-refractivity contribution in [1.82, 2.24) is 5.32 Å². The second-order valence-electron chi connectivity index (χ2n) is 5.40. The van der Waals surface area contributed by atoms with E-state index in [9.17, 15) is 0 Å². The molecule has 0 heterocycles. The van der Waals surface area contributed by atoms with E-state index in [2.05, 4.69) is 49.6 Å². The number of benzene rings is 1. The van der Waals surface area contributed by atoms with E-state index in [1.54, 1.807) is 0 Å². The summed E-state index contributed by atoms with van der Waals surface area (Å²) in [6.45, 7) is 11.8. The minimum absolute atomic E-state index is 0.173. The Hall–Kier alpha value is -1.06. The van der Waals surface area contributed by atoms with Crippen LogP contribution in [0.5, 0.6) is 0 Å². The monoisotopic (exact) mass is 250 g/mol. The highest BCUT2D eigenvalue weighted by atomic mass is 16.5. The second-order valence-corrected chi connectivity index (χ2v) is 5.40. The van der Waals surface area contributed by atoms with Crippen LogP contribution in [0.3, 0.4) is 0 Å². The van der Waals surface area contributed by atoms with Crippen LogP contribution in [0, 0.1) is 0 Å². The van der Waals surface area contributed by atoms with Crippen molar-refractivity contribution < 1.29 is 4.74 Å². The molecule has 1 aromatic carbocycles. The summed E-state index contributed by atoms with van der Waals surface area (Å²) in [6.07, 6.45) is 0. The van der Waals surface area contributed by atoms with Gasteiger partial charge in [-0.15, -0.1) is 0 Å². The third-order valence-corrected chi connectivity index (χ3v) is 2.57. The lowest BCUT2D eigenvalue weighted by Crippen LogP contribution is -2.38. The molecule has 0 fully saturated rings. The minimum atomic E-state index is 0.173. The highest BCUT2D eigenvalue weighted by molar-refractivity contribution is 5.50. The van der Waals surface area contributed by atoms with E-state index in [1.165, 1.54) is 11.3 Å². The first kappa shape index (κ1) is 15.0. The van der Waals surface area contributed by atoms with Crippen molar-refractivity contribution in [3.63, 3.8) is 0 Å². The van der Waals surface area contributed by atoms with Crippen LogP contribution in [-0.4, -0.2) is 25.2 Å². The Bertz CT molecular complexity index is 345. The van der Waals surface area contributed by atoms with Crippen LogP contribution >= 0.6 is 0 Å². The number of hydrogen-bond acceptors (Lipinski definition) is 3. The number of para-hydroxylation sites is 1. The quantitative estimate of drug-likeness (QED) is 0.730. The summed E-state index contributed by atoms with van der Waals surface area (Å²) in [5, 5.41) is 6.91. The predicted molar refractivity (Wildman–Crippen MR) is 78.0 cm³/mol. The molecule has 0 bridgehead atoms. The van der Waals surface area contributed by atoms with Crippen LogP contribution < -0.4 is 10.6 Å². The van der Waals surface area contributed by atoms with Gasteiger partial charge in [0.15, 0.2) is 0 Å². The maximum atomic E-state index is 5.47. The molecule has 0 aliphatic carbocycles. The number of ether oxygens (including phenoxy) is 1. The zero-order valence-electron chi connectivity index (χ0n) is 12.0. The van der Waals surface area contributed by atoms with Crippen molar-refractivity contribution in [2.24, 2.45) is 0 Å². The summed E-state index contributed by atoms with van der Waals surface area (Å²) < 4.78 is 5.47. The normalized spacial score (nSPS) is 11.6. The summed E-state index contributed by atoms with van der Waals surface area (Å²) in [5.74, 6) is 0. The van der Waals surface area contributed by atoms with Crippen LogP contribution in [0.2, 0.25) is 0 Å². The molecule has 0 aliphatic heterocycles. The van der Waals surface area contributed by atoms with E-state index in [0.29, 0.717) is 6.61 Å². The Morgan fingerprint density at radius 3 is 2.50 bits per heavy atom.